The molecule has 3 rings (SSSR count). The molecule has 102 valence electrons. The molecular weight excluding hydrogens is 242 g/mol. The molecule has 0 atom stereocenters. The minimum atomic E-state index is -0.593. The number of nitrogens with zero attached hydrogens (tertiary/aromatic N) is 2. The van der Waals surface area contributed by atoms with Crippen molar-refractivity contribution in [1.82, 2.24) is 9.97 Å². The van der Waals surface area contributed by atoms with Crippen molar-refractivity contribution in [3.05, 3.63) is 17.7 Å². The molecule has 1 aliphatic rings. The van der Waals surface area contributed by atoms with E-state index in [1.807, 2.05) is 13.8 Å². The highest BCUT2D eigenvalue weighted by molar-refractivity contribution is 5.89. The van der Waals surface area contributed by atoms with Gasteiger partial charge in [-0.2, -0.15) is 0 Å². The van der Waals surface area contributed by atoms with Gasteiger partial charge in [-0.05, 0) is 26.7 Å². The number of aryl methyl sites for hydroxylation is 2. The van der Waals surface area contributed by atoms with Gasteiger partial charge in [0.15, 0.2) is 0 Å². The van der Waals surface area contributed by atoms with Crippen molar-refractivity contribution in [1.29, 1.82) is 0 Å². The summed E-state index contributed by atoms with van der Waals surface area (Å²) in [7, 11) is 0. The molecular formula is C14H19N3O2. The Morgan fingerprint density at radius 3 is 2.79 bits per heavy atom. The van der Waals surface area contributed by atoms with Gasteiger partial charge in [-0.1, -0.05) is 12.8 Å². The van der Waals surface area contributed by atoms with E-state index in [0.717, 1.165) is 48.2 Å². The normalized spacial score (nSPS) is 18.1. The molecule has 0 radical (unpaired) electrons. The molecule has 0 saturated heterocycles. The Bertz CT molecular complexity index is 600. The number of hydrogen-bond donors (Lipinski definition) is 2. The van der Waals surface area contributed by atoms with Crippen molar-refractivity contribution >= 4 is 16.9 Å². The zero-order chi connectivity index (χ0) is 13.5. The maximum absolute atomic E-state index is 10.4. The van der Waals surface area contributed by atoms with E-state index in [-0.39, 0.29) is 0 Å². The highest BCUT2D eigenvalue weighted by atomic mass is 16.3. The fraction of sp³-hybridized carbons (Fsp3) is 0.571. The number of furan rings is 1. The Hall–Kier alpha value is -1.62. The quantitative estimate of drug-likeness (QED) is 0.888. The molecule has 0 amide bonds. The molecule has 1 saturated carbocycles. The zero-order valence-corrected chi connectivity index (χ0v) is 11.4. The van der Waals surface area contributed by atoms with Crippen LogP contribution in [0.25, 0.3) is 11.1 Å². The summed E-state index contributed by atoms with van der Waals surface area (Å²) in [5.74, 6) is 1.61. The summed E-state index contributed by atoms with van der Waals surface area (Å²) in [5.41, 5.74) is 1.06. The second-order valence-electron chi connectivity index (χ2n) is 5.47. The first-order valence-electron chi connectivity index (χ1n) is 6.76. The molecule has 0 unspecified atom stereocenters. The third-order valence-corrected chi connectivity index (χ3v) is 4.08. The van der Waals surface area contributed by atoms with Crippen LogP contribution in [0.3, 0.4) is 0 Å². The molecule has 1 fully saturated rings. The smallest absolute Gasteiger partial charge is 0.231 e. The monoisotopic (exact) mass is 261 g/mol. The van der Waals surface area contributed by atoms with Crippen LogP contribution in [0.15, 0.2) is 10.7 Å². The lowest BCUT2D eigenvalue weighted by Crippen LogP contribution is -2.33. The standard InChI is InChI=1S/C14H19N3O2/c1-9-10(2)19-13-11(9)12(16-8-17-13)15-7-14(18)5-3-4-6-14/h8,18H,3-7H2,1-2H3,(H,15,16,17). The maximum Gasteiger partial charge on any atom is 0.231 e. The van der Waals surface area contributed by atoms with Gasteiger partial charge in [0.2, 0.25) is 5.71 Å². The van der Waals surface area contributed by atoms with Crippen molar-refractivity contribution in [3.63, 3.8) is 0 Å². The Balaban J connectivity index is 1.88. The summed E-state index contributed by atoms with van der Waals surface area (Å²) in [6.07, 6.45) is 5.41. The summed E-state index contributed by atoms with van der Waals surface area (Å²) in [6, 6.07) is 0. The van der Waals surface area contributed by atoms with Crippen LogP contribution in [0.5, 0.6) is 0 Å². The Kier molecular flexibility index (Phi) is 2.93. The van der Waals surface area contributed by atoms with E-state index < -0.39 is 5.60 Å². The van der Waals surface area contributed by atoms with Crippen LogP contribution in [-0.4, -0.2) is 27.2 Å². The number of rotatable bonds is 3. The van der Waals surface area contributed by atoms with Gasteiger partial charge in [-0.25, -0.2) is 9.97 Å². The van der Waals surface area contributed by atoms with Crippen LogP contribution >= 0.6 is 0 Å². The lowest BCUT2D eigenvalue weighted by Gasteiger charge is -2.22. The molecule has 0 spiro atoms. The van der Waals surface area contributed by atoms with E-state index in [9.17, 15) is 5.11 Å². The third kappa shape index (κ3) is 2.18. The van der Waals surface area contributed by atoms with Crippen LogP contribution in [0.1, 0.15) is 37.0 Å². The average molecular weight is 261 g/mol. The Morgan fingerprint density at radius 1 is 1.32 bits per heavy atom. The lowest BCUT2D eigenvalue weighted by molar-refractivity contribution is 0.0614. The fourth-order valence-corrected chi connectivity index (χ4v) is 2.77. The molecule has 0 bridgehead atoms. The van der Waals surface area contributed by atoms with Gasteiger partial charge < -0.3 is 14.8 Å². The van der Waals surface area contributed by atoms with Crippen LogP contribution in [0.2, 0.25) is 0 Å². The summed E-state index contributed by atoms with van der Waals surface area (Å²) < 4.78 is 5.58. The van der Waals surface area contributed by atoms with Crippen LogP contribution in [-0.2, 0) is 0 Å². The van der Waals surface area contributed by atoms with Gasteiger partial charge in [-0.15, -0.1) is 0 Å². The second-order valence-corrected chi connectivity index (χ2v) is 5.47. The summed E-state index contributed by atoms with van der Waals surface area (Å²) in [5, 5.41) is 14.6. The summed E-state index contributed by atoms with van der Waals surface area (Å²) in [6.45, 7) is 4.45. The van der Waals surface area contributed by atoms with E-state index in [0.29, 0.717) is 12.3 Å². The topological polar surface area (TPSA) is 71.2 Å². The second kappa shape index (κ2) is 4.49. The minimum absolute atomic E-state index is 0.531. The van der Waals surface area contributed by atoms with Gasteiger partial charge in [0.1, 0.15) is 17.9 Å². The van der Waals surface area contributed by atoms with E-state index in [1.165, 1.54) is 6.33 Å². The number of aromatic nitrogens is 2. The van der Waals surface area contributed by atoms with E-state index >= 15 is 0 Å². The molecule has 2 N–H and O–H groups in total. The maximum atomic E-state index is 10.4. The molecule has 0 aliphatic heterocycles. The number of anilines is 1. The molecule has 1 aliphatic carbocycles. The Labute approximate surface area is 112 Å². The van der Waals surface area contributed by atoms with Crippen LogP contribution in [0, 0.1) is 13.8 Å². The molecule has 2 aromatic rings. The number of nitrogens with one attached hydrogen (secondary N) is 1. The largest absolute Gasteiger partial charge is 0.443 e. The first-order valence-corrected chi connectivity index (χ1v) is 6.76. The van der Waals surface area contributed by atoms with Gasteiger partial charge in [0.25, 0.3) is 0 Å². The fourth-order valence-electron chi connectivity index (χ4n) is 2.77. The number of aliphatic hydroxyl groups is 1. The van der Waals surface area contributed by atoms with Crippen molar-refractivity contribution in [2.45, 2.75) is 45.1 Å². The third-order valence-electron chi connectivity index (χ3n) is 4.08. The van der Waals surface area contributed by atoms with Crippen molar-refractivity contribution in [2.24, 2.45) is 0 Å². The SMILES string of the molecule is Cc1oc2ncnc(NCC3(O)CCCC3)c2c1C. The molecule has 2 aromatic heterocycles. The predicted octanol–water partition coefficient (Wildman–Crippen LogP) is 2.56. The van der Waals surface area contributed by atoms with Crippen molar-refractivity contribution in [2.75, 3.05) is 11.9 Å². The van der Waals surface area contributed by atoms with Crippen LogP contribution < -0.4 is 5.32 Å². The van der Waals surface area contributed by atoms with Gasteiger partial charge in [0, 0.05) is 12.1 Å². The van der Waals surface area contributed by atoms with Gasteiger partial charge in [0.05, 0.1) is 11.0 Å². The lowest BCUT2D eigenvalue weighted by atomic mass is 10.0. The first-order chi connectivity index (χ1) is 9.09. The molecule has 2 heterocycles. The van der Waals surface area contributed by atoms with E-state index in [2.05, 4.69) is 15.3 Å². The molecule has 0 aromatic carbocycles. The molecule has 19 heavy (non-hydrogen) atoms. The first kappa shape index (κ1) is 12.4. The van der Waals surface area contributed by atoms with E-state index in [4.69, 9.17) is 4.42 Å². The highest BCUT2D eigenvalue weighted by Crippen LogP contribution is 2.31. The number of hydrogen-bond acceptors (Lipinski definition) is 5. The summed E-state index contributed by atoms with van der Waals surface area (Å²) in [4.78, 5) is 8.42. The van der Waals surface area contributed by atoms with Gasteiger partial charge >= 0.3 is 0 Å². The number of fused-ring (bicyclic) bond motifs is 1. The van der Waals surface area contributed by atoms with Gasteiger partial charge in [-0.3, -0.25) is 0 Å². The predicted molar refractivity (Wildman–Crippen MR) is 73.2 cm³/mol. The highest BCUT2D eigenvalue weighted by Gasteiger charge is 2.31. The zero-order valence-electron chi connectivity index (χ0n) is 11.4. The summed E-state index contributed by atoms with van der Waals surface area (Å²) >= 11 is 0. The molecule has 5 heteroatoms. The minimum Gasteiger partial charge on any atom is -0.443 e. The average Bonchev–Trinajstić information content (AvgIpc) is 2.94. The van der Waals surface area contributed by atoms with E-state index in [1.54, 1.807) is 0 Å². The molecule has 5 nitrogen and oxygen atoms in total. The van der Waals surface area contributed by atoms with Crippen LogP contribution in [0.4, 0.5) is 5.82 Å². The van der Waals surface area contributed by atoms with Crippen molar-refractivity contribution < 1.29 is 9.52 Å². The van der Waals surface area contributed by atoms with Crippen molar-refractivity contribution in [3.8, 4) is 0 Å². The Morgan fingerprint density at radius 2 is 2.05 bits per heavy atom.